The lowest BCUT2D eigenvalue weighted by molar-refractivity contribution is 0.190. The molecule has 1 aliphatic heterocycles. The van der Waals surface area contributed by atoms with Crippen LogP contribution in [0.15, 0.2) is 0 Å². The third-order valence-corrected chi connectivity index (χ3v) is 2.48. The van der Waals surface area contributed by atoms with E-state index in [2.05, 4.69) is 25.8 Å². The molecule has 1 atom stereocenters. The molecule has 1 saturated heterocycles. The lowest BCUT2D eigenvalue weighted by atomic mass is 9.88. The number of hydrogen-bond donors (Lipinski definition) is 0. The maximum absolute atomic E-state index is 3.96. The SMILES string of the molecule is [CH2]N1CCCC(C(C)C)C1. The normalized spacial score (nSPS) is 29.4. The summed E-state index contributed by atoms with van der Waals surface area (Å²) >= 11 is 0. The molecule has 0 N–H and O–H groups in total. The third kappa shape index (κ3) is 1.98. The van der Waals surface area contributed by atoms with Crippen LogP contribution in [-0.4, -0.2) is 18.0 Å². The van der Waals surface area contributed by atoms with E-state index in [0.717, 1.165) is 11.8 Å². The van der Waals surface area contributed by atoms with Crippen LogP contribution in [0.25, 0.3) is 0 Å². The van der Waals surface area contributed by atoms with Gasteiger partial charge in [0.25, 0.3) is 0 Å². The summed E-state index contributed by atoms with van der Waals surface area (Å²) in [6.45, 7) is 7.02. The Morgan fingerprint density at radius 2 is 2.20 bits per heavy atom. The van der Waals surface area contributed by atoms with Crippen LogP contribution in [0, 0.1) is 18.9 Å². The average molecular weight is 140 g/mol. The van der Waals surface area contributed by atoms with Crippen molar-refractivity contribution >= 4 is 0 Å². The zero-order chi connectivity index (χ0) is 7.56. The minimum absolute atomic E-state index is 0.838. The second kappa shape index (κ2) is 3.38. The molecule has 1 unspecified atom stereocenters. The number of nitrogens with zero attached hydrogens (tertiary/aromatic N) is 1. The number of piperidine rings is 1. The summed E-state index contributed by atoms with van der Waals surface area (Å²) < 4.78 is 0. The second-order valence-corrected chi connectivity index (χ2v) is 3.72. The Kier molecular flexibility index (Phi) is 2.72. The summed E-state index contributed by atoms with van der Waals surface area (Å²) in [5, 5.41) is 0. The minimum atomic E-state index is 0.838. The van der Waals surface area contributed by atoms with Gasteiger partial charge in [0.05, 0.1) is 0 Å². The lowest BCUT2D eigenvalue weighted by Crippen LogP contribution is -2.32. The molecular formula is C9H18N. The van der Waals surface area contributed by atoms with Gasteiger partial charge in [-0.2, -0.15) is 0 Å². The Balaban J connectivity index is 2.32. The van der Waals surface area contributed by atoms with E-state index in [1.807, 2.05) is 0 Å². The van der Waals surface area contributed by atoms with E-state index in [4.69, 9.17) is 0 Å². The molecule has 0 saturated carbocycles. The highest BCUT2D eigenvalue weighted by atomic mass is 15.1. The maximum atomic E-state index is 3.96. The molecule has 1 rings (SSSR count). The molecule has 1 heterocycles. The molecule has 1 aliphatic rings. The summed E-state index contributed by atoms with van der Waals surface area (Å²) in [6, 6.07) is 0. The monoisotopic (exact) mass is 140 g/mol. The summed E-state index contributed by atoms with van der Waals surface area (Å²) in [5.74, 6) is 1.73. The zero-order valence-corrected chi connectivity index (χ0v) is 7.14. The second-order valence-electron chi connectivity index (χ2n) is 3.72. The van der Waals surface area contributed by atoms with E-state index in [0.29, 0.717) is 0 Å². The van der Waals surface area contributed by atoms with Gasteiger partial charge in [-0.05, 0) is 31.2 Å². The molecule has 1 radical (unpaired) electrons. The van der Waals surface area contributed by atoms with Crippen molar-refractivity contribution in [2.45, 2.75) is 26.7 Å². The highest BCUT2D eigenvalue weighted by molar-refractivity contribution is 4.74. The summed E-state index contributed by atoms with van der Waals surface area (Å²) in [5.41, 5.74) is 0. The van der Waals surface area contributed by atoms with Crippen LogP contribution in [0.1, 0.15) is 26.7 Å². The van der Waals surface area contributed by atoms with Gasteiger partial charge in [0.1, 0.15) is 0 Å². The van der Waals surface area contributed by atoms with E-state index in [9.17, 15) is 0 Å². The molecule has 10 heavy (non-hydrogen) atoms. The average Bonchev–Trinajstić information content (AvgIpc) is 1.88. The van der Waals surface area contributed by atoms with Crippen molar-refractivity contribution in [1.29, 1.82) is 0 Å². The lowest BCUT2D eigenvalue weighted by Gasteiger charge is -2.31. The van der Waals surface area contributed by atoms with Crippen molar-refractivity contribution in [2.75, 3.05) is 13.1 Å². The standard InChI is InChI=1S/C9H18N/c1-8(2)9-5-4-6-10(3)7-9/h8-9H,3-7H2,1-2H3. The highest BCUT2D eigenvalue weighted by Crippen LogP contribution is 2.22. The van der Waals surface area contributed by atoms with Crippen molar-refractivity contribution in [3.8, 4) is 0 Å². The van der Waals surface area contributed by atoms with Gasteiger partial charge >= 0.3 is 0 Å². The Hall–Kier alpha value is -0.0400. The molecule has 0 aliphatic carbocycles. The molecule has 0 aromatic heterocycles. The van der Waals surface area contributed by atoms with Crippen LogP contribution in [0.5, 0.6) is 0 Å². The van der Waals surface area contributed by atoms with Gasteiger partial charge in [0, 0.05) is 13.6 Å². The largest absolute Gasteiger partial charge is 0.302 e. The molecule has 59 valence electrons. The first-order valence-electron chi connectivity index (χ1n) is 4.25. The zero-order valence-electron chi connectivity index (χ0n) is 7.14. The van der Waals surface area contributed by atoms with Crippen molar-refractivity contribution in [3.05, 3.63) is 7.05 Å². The predicted molar refractivity (Wildman–Crippen MR) is 44.5 cm³/mol. The predicted octanol–water partition coefficient (Wildman–Crippen LogP) is 2.15. The van der Waals surface area contributed by atoms with Crippen LogP contribution in [0.4, 0.5) is 0 Å². The fourth-order valence-corrected chi connectivity index (χ4v) is 1.64. The molecule has 0 bridgehead atoms. The first-order valence-corrected chi connectivity index (χ1v) is 4.25. The van der Waals surface area contributed by atoms with Gasteiger partial charge in [-0.15, -0.1) is 0 Å². The van der Waals surface area contributed by atoms with E-state index < -0.39 is 0 Å². The number of hydrogen-bond acceptors (Lipinski definition) is 1. The van der Waals surface area contributed by atoms with E-state index in [1.165, 1.54) is 25.9 Å². The quantitative estimate of drug-likeness (QED) is 0.539. The molecule has 1 heteroatoms. The highest BCUT2D eigenvalue weighted by Gasteiger charge is 2.19. The van der Waals surface area contributed by atoms with E-state index >= 15 is 0 Å². The first-order chi connectivity index (χ1) is 4.70. The topological polar surface area (TPSA) is 3.24 Å². The van der Waals surface area contributed by atoms with E-state index in [-0.39, 0.29) is 0 Å². The van der Waals surface area contributed by atoms with E-state index in [1.54, 1.807) is 0 Å². The van der Waals surface area contributed by atoms with Gasteiger partial charge in [-0.25, -0.2) is 0 Å². The molecule has 0 spiro atoms. The number of rotatable bonds is 1. The molecular weight excluding hydrogens is 122 g/mol. The van der Waals surface area contributed by atoms with Gasteiger partial charge < -0.3 is 4.90 Å². The molecule has 0 aromatic rings. The van der Waals surface area contributed by atoms with Crippen molar-refractivity contribution < 1.29 is 0 Å². The summed E-state index contributed by atoms with van der Waals surface area (Å²) in [7, 11) is 3.96. The van der Waals surface area contributed by atoms with Gasteiger partial charge in [-0.1, -0.05) is 13.8 Å². The van der Waals surface area contributed by atoms with Crippen LogP contribution in [0.2, 0.25) is 0 Å². The van der Waals surface area contributed by atoms with Gasteiger partial charge in [0.2, 0.25) is 0 Å². The van der Waals surface area contributed by atoms with Crippen molar-refractivity contribution in [2.24, 2.45) is 11.8 Å². The number of likely N-dealkylation sites (tertiary alicyclic amines) is 1. The Morgan fingerprint density at radius 3 is 2.60 bits per heavy atom. The fourth-order valence-electron chi connectivity index (χ4n) is 1.64. The molecule has 1 nitrogen and oxygen atoms in total. The molecule has 0 amide bonds. The van der Waals surface area contributed by atoms with Gasteiger partial charge in [-0.3, -0.25) is 0 Å². The first kappa shape index (κ1) is 8.06. The Bertz CT molecular complexity index is 98.9. The smallest absolute Gasteiger partial charge is 0.0109 e. The van der Waals surface area contributed by atoms with Crippen molar-refractivity contribution in [1.82, 2.24) is 4.90 Å². The molecule has 0 aromatic carbocycles. The van der Waals surface area contributed by atoms with Crippen LogP contribution in [0.3, 0.4) is 0 Å². The Labute approximate surface area is 64.4 Å². The summed E-state index contributed by atoms with van der Waals surface area (Å²) in [6.07, 6.45) is 2.75. The van der Waals surface area contributed by atoms with Gasteiger partial charge in [0.15, 0.2) is 0 Å². The molecule has 1 fully saturated rings. The maximum Gasteiger partial charge on any atom is 0.0109 e. The Morgan fingerprint density at radius 1 is 1.50 bits per heavy atom. The van der Waals surface area contributed by atoms with Crippen LogP contribution in [-0.2, 0) is 0 Å². The minimum Gasteiger partial charge on any atom is -0.302 e. The van der Waals surface area contributed by atoms with Crippen molar-refractivity contribution in [3.63, 3.8) is 0 Å². The fraction of sp³-hybridized carbons (Fsp3) is 0.889. The summed E-state index contributed by atoms with van der Waals surface area (Å²) in [4.78, 5) is 2.20. The third-order valence-electron chi connectivity index (χ3n) is 2.48. The van der Waals surface area contributed by atoms with Crippen LogP contribution >= 0.6 is 0 Å². The van der Waals surface area contributed by atoms with Crippen LogP contribution < -0.4 is 0 Å².